The summed E-state index contributed by atoms with van der Waals surface area (Å²) in [6, 6.07) is 18.8. The zero-order valence-electron chi connectivity index (χ0n) is 16.0. The molecule has 2 aromatic carbocycles. The van der Waals surface area contributed by atoms with Crippen molar-refractivity contribution in [2.24, 2.45) is 0 Å². The van der Waals surface area contributed by atoms with Crippen LogP contribution in [0.3, 0.4) is 0 Å². The molecule has 1 saturated heterocycles. The van der Waals surface area contributed by atoms with Gasteiger partial charge >= 0.3 is 0 Å². The number of anilines is 1. The normalized spacial score (nSPS) is 16.2. The number of aromatic nitrogens is 1. The highest BCUT2D eigenvalue weighted by Gasteiger charge is 2.15. The Balaban J connectivity index is 1.25. The fraction of sp³-hybridized carbons (Fsp3) is 0.318. The Hall–Kier alpha value is -2.02. The van der Waals surface area contributed by atoms with E-state index in [2.05, 4.69) is 59.0 Å². The molecule has 0 amide bonds. The molecule has 1 aliphatic heterocycles. The maximum absolute atomic E-state index is 5.93. The molecule has 146 valence electrons. The SMILES string of the molecule is CN(CCOc1ccc(CC2CNCS2)cc1)c1nc(-c2ccccc2)cs1. The third-order valence-corrected chi connectivity index (χ3v) is 6.89. The van der Waals surface area contributed by atoms with Crippen molar-refractivity contribution in [2.75, 3.05) is 37.5 Å². The number of thioether (sulfide) groups is 1. The van der Waals surface area contributed by atoms with Crippen LogP contribution in [-0.2, 0) is 6.42 Å². The molecule has 1 aromatic heterocycles. The van der Waals surface area contributed by atoms with E-state index < -0.39 is 0 Å². The Bertz CT molecular complexity index is 861. The first-order chi connectivity index (χ1) is 13.8. The van der Waals surface area contributed by atoms with Crippen molar-refractivity contribution in [3.63, 3.8) is 0 Å². The number of thiazole rings is 1. The van der Waals surface area contributed by atoms with Gasteiger partial charge in [0, 0.05) is 35.7 Å². The molecule has 1 fully saturated rings. The van der Waals surface area contributed by atoms with Crippen molar-refractivity contribution in [1.29, 1.82) is 0 Å². The molecule has 4 rings (SSSR count). The van der Waals surface area contributed by atoms with Gasteiger partial charge in [-0.3, -0.25) is 0 Å². The number of ether oxygens (including phenoxy) is 1. The lowest BCUT2D eigenvalue weighted by atomic mass is 10.1. The molecular weight excluding hydrogens is 386 g/mol. The third kappa shape index (κ3) is 5.07. The van der Waals surface area contributed by atoms with E-state index in [-0.39, 0.29) is 0 Å². The van der Waals surface area contributed by atoms with Crippen molar-refractivity contribution in [2.45, 2.75) is 11.7 Å². The number of hydrogen-bond donors (Lipinski definition) is 1. The summed E-state index contributed by atoms with van der Waals surface area (Å²) in [7, 11) is 2.06. The van der Waals surface area contributed by atoms with Crippen molar-refractivity contribution in [3.8, 4) is 17.0 Å². The summed E-state index contributed by atoms with van der Waals surface area (Å²) in [5, 5.41) is 7.21. The van der Waals surface area contributed by atoms with Crippen LogP contribution in [0.1, 0.15) is 5.56 Å². The van der Waals surface area contributed by atoms with Gasteiger partial charge in [-0.15, -0.1) is 23.1 Å². The average molecular weight is 412 g/mol. The Morgan fingerprint density at radius 2 is 1.96 bits per heavy atom. The fourth-order valence-electron chi connectivity index (χ4n) is 3.15. The zero-order chi connectivity index (χ0) is 19.2. The molecule has 2 heterocycles. The van der Waals surface area contributed by atoms with Crippen molar-refractivity contribution >= 4 is 28.2 Å². The second-order valence-electron chi connectivity index (χ2n) is 6.89. The number of likely N-dealkylation sites (N-methyl/N-ethyl adjacent to an activating group) is 1. The summed E-state index contributed by atoms with van der Waals surface area (Å²) in [6.07, 6.45) is 1.12. The molecule has 4 nitrogen and oxygen atoms in total. The maximum Gasteiger partial charge on any atom is 0.185 e. The van der Waals surface area contributed by atoms with Crippen molar-refractivity contribution in [1.82, 2.24) is 10.3 Å². The average Bonchev–Trinajstić information content (AvgIpc) is 3.42. The van der Waals surface area contributed by atoms with E-state index in [4.69, 9.17) is 9.72 Å². The molecule has 1 N–H and O–H groups in total. The third-order valence-electron chi connectivity index (χ3n) is 4.76. The van der Waals surface area contributed by atoms with Gasteiger partial charge in [-0.25, -0.2) is 4.98 Å². The summed E-state index contributed by atoms with van der Waals surface area (Å²) >= 11 is 3.67. The standard InChI is InChI=1S/C22H25N3OS2/c1-25(22-24-21(15-27-22)18-5-3-2-4-6-18)11-12-26-19-9-7-17(8-10-19)13-20-14-23-16-28-20/h2-10,15,20,23H,11-14,16H2,1H3. The lowest BCUT2D eigenvalue weighted by Crippen LogP contribution is -2.23. The number of hydrogen-bond acceptors (Lipinski definition) is 6. The van der Waals surface area contributed by atoms with Crippen LogP contribution in [0, 0.1) is 0 Å². The molecule has 3 aromatic rings. The largest absolute Gasteiger partial charge is 0.492 e. The van der Waals surface area contributed by atoms with E-state index in [0.717, 1.165) is 47.5 Å². The molecule has 0 spiro atoms. The van der Waals surface area contributed by atoms with E-state index in [1.807, 2.05) is 30.0 Å². The fourth-order valence-corrected chi connectivity index (χ4v) is 4.99. The molecule has 1 unspecified atom stereocenters. The summed E-state index contributed by atoms with van der Waals surface area (Å²) in [5.41, 5.74) is 3.56. The Labute approximate surface area is 175 Å². The predicted molar refractivity (Wildman–Crippen MR) is 121 cm³/mol. The summed E-state index contributed by atoms with van der Waals surface area (Å²) in [5.74, 6) is 2.00. The molecule has 1 atom stereocenters. The van der Waals surface area contributed by atoms with Crippen LogP contribution in [0.2, 0.25) is 0 Å². The minimum atomic E-state index is 0.637. The molecule has 28 heavy (non-hydrogen) atoms. The van der Waals surface area contributed by atoms with Gasteiger partial charge in [0.25, 0.3) is 0 Å². The van der Waals surface area contributed by atoms with Crippen LogP contribution in [0.5, 0.6) is 5.75 Å². The minimum absolute atomic E-state index is 0.637. The van der Waals surface area contributed by atoms with E-state index in [0.29, 0.717) is 11.9 Å². The molecule has 1 aliphatic rings. The second-order valence-corrected chi connectivity index (χ2v) is 9.01. The first kappa shape index (κ1) is 19.3. The monoisotopic (exact) mass is 411 g/mol. The van der Waals surface area contributed by atoms with Gasteiger partial charge in [-0.2, -0.15) is 0 Å². The van der Waals surface area contributed by atoms with Crippen LogP contribution >= 0.6 is 23.1 Å². The Morgan fingerprint density at radius 3 is 2.71 bits per heavy atom. The highest BCUT2D eigenvalue weighted by molar-refractivity contribution is 8.00. The van der Waals surface area contributed by atoms with E-state index in [1.54, 1.807) is 11.3 Å². The Kier molecular flexibility index (Phi) is 6.52. The van der Waals surface area contributed by atoms with E-state index in [1.165, 1.54) is 5.56 Å². The zero-order valence-corrected chi connectivity index (χ0v) is 17.6. The molecule has 6 heteroatoms. The molecular formula is C22H25N3OS2. The van der Waals surface area contributed by atoms with E-state index >= 15 is 0 Å². The number of nitrogens with zero attached hydrogens (tertiary/aromatic N) is 2. The van der Waals surface area contributed by atoms with Crippen LogP contribution < -0.4 is 15.0 Å². The highest BCUT2D eigenvalue weighted by atomic mass is 32.2. The van der Waals surface area contributed by atoms with Crippen LogP contribution in [0.25, 0.3) is 11.3 Å². The summed E-state index contributed by atoms with van der Waals surface area (Å²) < 4.78 is 5.93. The lowest BCUT2D eigenvalue weighted by molar-refractivity contribution is 0.326. The van der Waals surface area contributed by atoms with Crippen LogP contribution in [-0.4, -0.2) is 42.9 Å². The smallest absolute Gasteiger partial charge is 0.185 e. The minimum Gasteiger partial charge on any atom is -0.492 e. The number of benzene rings is 2. The van der Waals surface area contributed by atoms with Gasteiger partial charge in [0.1, 0.15) is 12.4 Å². The number of nitrogens with one attached hydrogen (secondary N) is 1. The van der Waals surface area contributed by atoms with Gasteiger partial charge in [0.15, 0.2) is 5.13 Å². The van der Waals surface area contributed by atoms with Crippen LogP contribution in [0.15, 0.2) is 60.0 Å². The first-order valence-corrected chi connectivity index (χ1v) is 11.5. The van der Waals surface area contributed by atoms with Crippen molar-refractivity contribution in [3.05, 3.63) is 65.5 Å². The van der Waals surface area contributed by atoms with Crippen LogP contribution in [0.4, 0.5) is 5.13 Å². The summed E-state index contributed by atoms with van der Waals surface area (Å²) in [6.45, 7) is 2.55. The quantitative estimate of drug-likeness (QED) is 0.589. The predicted octanol–water partition coefficient (Wildman–Crippen LogP) is 4.53. The van der Waals surface area contributed by atoms with Gasteiger partial charge < -0.3 is 15.0 Å². The molecule has 0 radical (unpaired) electrons. The van der Waals surface area contributed by atoms with Gasteiger partial charge in [-0.05, 0) is 24.1 Å². The highest BCUT2D eigenvalue weighted by Crippen LogP contribution is 2.26. The maximum atomic E-state index is 5.93. The van der Waals surface area contributed by atoms with Crippen molar-refractivity contribution < 1.29 is 4.74 Å². The second kappa shape index (κ2) is 9.45. The van der Waals surface area contributed by atoms with E-state index in [9.17, 15) is 0 Å². The first-order valence-electron chi connectivity index (χ1n) is 9.54. The lowest BCUT2D eigenvalue weighted by Gasteiger charge is -2.16. The number of rotatable bonds is 8. The Morgan fingerprint density at radius 1 is 1.14 bits per heavy atom. The molecule has 0 saturated carbocycles. The molecule has 0 bridgehead atoms. The summed E-state index contributed by atoms with van der Waals surface area (Å²) in [4.78, 5) is 6.90. The van der Waals surface area contributed by atoms with Gasteiger partial charge in [-0.1, -0.05) is 42.5 Å². The van der Waals surface area contributed by atoms with Gasteiger partial charge in [0.2, 0.25) is 0 Å². The van der Waals surface area contributed by atoms with Gasteiger partial charge in [0.05, 0.1) is 12.2 Å². The molecule has 0 aliphatic carbocycles. The topological polar surface area (TPSA) is 37.4 Å².